The minimum absolute atomic E-state index is 0.193. The summed E-state index contributed by atoms with van der Waals surface area (Å²) in [7, 11) is 0. The van der Waals surface area contributed by atoms with Crippen LogP contribution in [0.2, 0.25) is 5.02 Å². The molecule has 0 saturated carbocycles. The third-order valence-corrected chi connectivity index (χ3v) is 5.35. The number of rotatable bonds is 5. The molecule has 0 atom stereocenters. The van der Waals surface area contributed by atoms with E-state index < -0.39 is 0 Å². The van der Waals surface area contributed by atoms with Crippen molar-refractivity contribution >= 4 is 23.2 Å². The van der Waals surface area contributed by atoms with Crippen LogP contribution in [-0.2, 0) is 11.3 Å². The van der Waals surface area contributed by atoms with Crippen LogP contribution >= 0.6 is 11.6 Å². The highest BCUT2D eigenvalue weighted by molar-refractivity contribution is 6.30. The van der Waals surface area contributed by atoms with Gasteiger partial charge in [-0.05, 0) is 18.2 Å². The first-order valence-electron chi connectivity index (χ1n) is 9.55. The van der Waals surface area contributed by atoms with Gasteiger partial charge in [-0.2, -0.15) is 0 Å². The average Bonchev–Trinajstić information content (AvgIpc) is 3.21. The van der Waals surface area contributed by atoms with Gasteiger partial charge >= 0.3 is 0 Å². The van der Waals surface area contributed by atoms with Gasteiger partial charge in [0.05, 0.1) is 0 Å². The molecule has 4 rings (SSSR count). The number of benzene rings is 2. The van der Waals surface area contributed by atoms with Crippen LogP contribution in [0.5, 0.6) is 0 Å². The summed E-state index contributed by atoms with van der Waals surface area (Å²) >= 11 is 6.09. The number of carbonyl (C=O) groups excluding carboxylic acids is 1. The maximum atomic E-state index is 12.7. The molecule has 0 radical (unpaired) electrons. The molecule has 28 heavy (non-hydrogen) atoms. The smallest absolute Gasteiger partial charge is 0.224 e. The van der Waals surface area contributed by atoms with Crippen molar-refractivity contribution < 1.29 is 4.79 Å². The standard InChI is InChI=1S/C22H23ClN4O/c23-19-7-4-8-20(17-19)25-13-15-26(16-14-25)21(28)9-11-27-12-10-24-22(27)18-5-2-1-3-6-18/h1-8,10,12,17H,9,11,13-16H2. The van der Waals surface area contributed by atoms with E-state index in [-0.39, 0.29) is 5.91 Å². The first kappa shape index (κ1) is 18.6. The maximum Gasteiger partial charge on any atom is 0.224 e. The third-order valence-electron chi connectivity index (χ3n) is 5.12. The van der Waals surface area contributed by atoms with Gasteiger partial charge in [0.25, 0.3) is 0 Å². The average molecular weight is 395 g/mol. The predicted molar refractivity (Wildman–Crippen MR) is 113 cm³/mol. The number of aryl methyl sites for hydroxylation is 1. The largest absolute Gasteiger partial charge is 0.368 e. The van der Waals surface area contributed by atoms with Gasteiger partial charge in [-0.3, -0.25) is 4.79 Å². The minimum atomic E-state index is 0.193. The summed E-state index contributed by atoms with van der Waals surface area (Å²) in [5, 5.41) is 0.741. The highest BCUT2D eigenvalue weighted by Crippen LogP contribution is 2.21. The number of piperazine rings is 1. The molecule has 1 saturated heterocycles. The Labute approximate surface area is 170 Å². The Morgan fingerprint density at radius 2 is 1.79 bits per heavy atom. The van der Waals surface area contributed by atoms with E-state index in [1.54, 1.807) is 6.20 Å². The molecule has 1 aliphatic heterocycles. The molecule has 2 heterocycles. The lowest BCUT2D eigenvalue weighted by Gasteiger charge is -2.36. The van der Waals surface area contributed by atoms with Crippen LogP contribution in [0.25, 0.3) is 11.4 Å². The highest BCUT2D eigenvalue weighted by atomic mass is 35.5. The van der Waals surface area contributed by atoms with Crippen molar-refractivity contribution in [1.82, 2.24) is 14.5 Å². The van der Waals surface area contributed by atoms with Gasteiger partial charge in [-0.25, -0.2) is 4.98 Å². The molecular formula is C22H23ClN4O. The fourth-order valence-electron chi connectivity index (χ4n) is 3.60. The number of aromatic nitrogens is 2. The van der Waals surface area contributed by atoms with Crippen LogP contribution in [-0.4, -0.2) is 46.5 Å². The van der Waals surface area contributed by atoms with Gasteiger partial charge in [-0.15, -0.1) is 0 Å². The number of imidazole rings is 1. The lowest BCUT2D eigenvalue weighted by atomic mass is 10.2. The molecule has 1 amide bonds. The van der Waals surface area contributed by atoms with Crippen LogP contribution in [0.15, 0.2) is 67.0 Å². The zero-order chi connectivity index (χ0) is 19.3. The van der Waals surface area contributed by atoms with Crippen molar-refractivity contribution in [1.29, 1.82) is 0 Å². The summed E-state index contributed by atoms with van der Waals surface area (Å²) < 4.78 is 2.05. The number of hydrogen-bond donors (Lipinski definition) is 0. The molecule has 0 N–H and O–H groups in total. The second kappa shape index (κ2) is 8.48. The lowest BCUT2D eigenvalue weighted by molar-refractivity contribution is -0.131. The van der Waals surface area contributed by atoms with Gasteiger partial charge in [-0.1, -0.05) is 48.0 Å². The van der Waals surface area contributed by atoms with E-state index in [1.807, 2.05) is 59.6 Å². The Kier molecular flexibility index (Phi) is 5.63. The fraction of sp³-hybridized carbons (Fsp3) is 0.273. The quantitative estimate of drug-likeness (QED) is 0.658. The van der Waals surface area contributed by atoms with Crippen LogP contribution in [0, 0.1) is 0 Å². The van der Waals surface area contributed by atoms with Gasteiger partial charge in [0, 0.05) is 67.8 Å². The van der Waals surface area contributed by atoms with E-state index in [9.17, 15) is 4.79 Å². The van der Waals surface area contributed by atoms with Gasteiger partial charge in [0.15, 0.2) is 0 Å². The second-order valence-corrected chi connectivity index (χ2v) is 7.34. The molecule has 1 aromatic heterocycles. The number of carbonyl (C=O) groups is 1. The number of hydrogen-bond acceptors (Lipinski definition) is 3. The van der Waals surface area contributed by atoms with E-state index >= 15 is 0 Å². The predicted octanol–water partition coefficient (Wildman–Crippen LogP) is 3.94. The Bertz CT molecular complexity index is 932. The van der Waals surface area contributed by atoms with E-state index in [0.29, 0.717) is 13.0 Å². The zero-order valence-corrected chi connectivity index (χ0v) is 16.4. The maximum absolute atomic E-state index is 12.7. The molecule has 6 heteroatoms. The van der Waals surface area contributed by atoms with Crippen molar-refractivity contribution in [2.24, 2.45) is 0 Å². The fourth-order valence-corrected chi connectivity index (χ4v) is 3.78. The minimum Gasteiger partial charge on any atom is -0.368 e. The van der Waals surface area contributed by atoms with Crippen molar-refractivity contribution in [3.8, 4) is 11.4 Å². The lowest BCUT2D eigenvalue weighted by Crippen LogP contribution is -2.49. The normalized spacial score (nSPS) is 14.3. The Morgan fingerprint density at radius 1 is 1.00 bits per heavy atom. The Morgan fingerprint density at radius 3 is 2.54 bits per heavy atom. The SMILES string of the molecule is O=C(CCn1ccnc1-c1ccccc1)N1CCN(c2cccc(Cl)c2)CC1. The summed E-state index contributed by atoms with van der Waals surface area (Å²) in [6, 6.07) is 17.9. The molecule has 0 unspecified atom stereocenters. The Hall–Kier alpha value is -2.79. The number of nitrogens with zero attached hydrogens (tertiary/aromatic N) is 4. The van der Waals surface area contributed by atoms with Crippen molar-refractivity contribution in [2.45, 2.75) is 13.0 Å². The molecule has 1 fully saturated rings. The molecule has 1 aliphatic rings. The third kappa shape index (κ3) is 4.20. The summed E-state index contributed by atoms with van der Waals surface area (Å²) in [6.07, 6.45) is 4.20. The summed E-state index contributed by atoms with van der Waals surface area (Å²) in [5.41, 5.74) is 2.18. The van der Waals surface area contributed by atoms with Crippen LogP contribution in [0.1, 0.15) is 6.42 Å². The summed E-state index contributed by atoms with van der Waals surface area (Å²) in [5.74, 6) is 1.10. The van der Waals surface area contributed by atoms with Crippen LogP contribution in [0.3, 0.4) is 0 Å². The highest BCUT2D eigenvalue weighted by Gasteiger charge is 2.21. The second-order valence-electron chi connectivity index (χ2n) is 6.91. The van der Waals surface area contributed by atoms with E-state index in [1.165, 1.54) is 0 Å². The van der Waals surface area contributed by atoms with Gasteiger partial charge in [0.2, 0.25) is 5.91 Å². The molecular weight excluding hydrogens is 372 g/mol. The van der Waals surface area contributed by atoms with Crippen molar-refractivity contribution in [2.75, 3.05) is 31.1 Å². The molecule has 0 bridgehead atoms. The summed E-state index contributed by atoms with van der Waals surface area (Å²) in [4.78, 5) is 21.4. The van der Waals surface area contributed by atoms with Crippen molar-refractivity contribution in [3.63, 3.8) is 0 Å². The number of halogens is 1. The van der Waals surface area contributed by atoms with E-state index in [2.05, 4.69) is 20.5 Å². The molecule has 2 aromatic carbocycles. The summed E-state index contributed by atoms with van der Waals surface area (Å²) in [6.45, 7) is 3.76. The number of amides is 1. The first-order valence-corrected chi connectivity index (χ1v) is 9.93. The monoisotopic (exact) mass is 394 g/mol. The Balaban J connectivity index is 1.32. The van der Waals surface area contributed by atoms with Crippen LogP contribution in [0.4, 0.5) is 5.69 Å². The zero-order valence-electron chi connectivity index (χ0n) is 15.7. The molecule has 3 aromatic rings. The van der Waals surface area contributed by atoms with E-state index in [4.69, 9.17) is 11.6 Å². The first-order chi connectivity index (χ1) is 13.7. The molecule has 5 nitrogen and oxygen atoms in total. The van der Waals surface area contributed by atoms with Crippen LogP contribution < -0.4 is 4.90 Å². The molecule has 144 valence electrons. The van der Waals surface area contributed by atoms with E-state index in [0.717, 1.165) is 48.3 Å². The van der Waals surface area contributed by atoms with Crippen molar-refractivity contribution in [3.05, 3.63) is 72.0 Å². The molecule has 0 spiro atoms. The van der Waals surface area contributed by atoms with Gasteiger partial charge < -0.3 is 14.4 Å². The topological polar surface area (TPSA) is 41.4 Å². The number of anilines is 1. The molecule has 0 aliphatic carbocycles. The van der Waals surface area contributed by atoms with Gasteiger partial charge in [0.1, 0.15) is 5.82 Å².